The van der Waals surface area contributed by atoms with Crippen molar-refractivity contribution in [1.29, 1.82) is 0 Å². The van der Waals surface area contributed by atoms with Crippen LogP contribution in [0.3, 0.4) is 0 Å². The van der Waals surface area contributed by atoms with E-state index in [0.29, 0.717) is 11.6 Å². The molecule has 0 fully saturated rings. The molecule has 0 aliphatic rings. The third-order valence-corrected chi connectivity index (χ3v) is 8.86. The van der Waals surface area contributed by atoms with Crippen molar-refractivity contribution in [2.75, 3.05) is 13.2 Å². The molecule has 0 N–H and O–H groups in total. The summed E-state index contributed by atoms with van der Waals surface area (Å²) < 4.78 is 13.2. The molecular weight excluding hydrogens is 392 g/mol. The normalized spacial score (nSPS) is 12.0. The molecule has 0 atom stereocenters. The maximum absolute atomic E-state index is 6.05. The van der Waals surface area contributed by atoms with Crippen LogP contribution in [0.25, 0.3) is 0 Å². The van der Waals surface area contributed by atoms with E-state index in [9.17, 15) is 0 Å². The minimum absolute atomic E-state index is 0.325. The highest BCUT2D eigenvalue weighted by molar-refractivity contribution is 9.10. The van der Waals surface area contributed by atoms with Gasteiger partial charge in [0.1, 0.15) is 5.75 Å². The molecule has 1 rings (SSSR count). The first-order chi connectivity index (χ1) is 11.9. The topological polar surface area (TPSA) is 18.5 Å². The Morgan fingerprint density at radius 2 is 1.72 bits per heavy atom. The Bertz CT molecular complexity index is 489. The predicted molar refractivity (Wildman–Crippen MR) is 116 cm³/mol. The van der Waals surface area contributed by atoms with E-state index < -0.39 is 8.80 Å². The van der Waals surface area contributed by atoms with Crippen molar-refractivity contribution in [2.45, 2.75) is 84.0 Å². The smallest absolute Gasteiger partial charge is 0.124 e. The van der Waals surface area contributed by atoms with Crippen LogP contribution < -0.4 is 4.74 Å². The number of halogens is 1. The van der Waals surface area contributed by atoms with E-state index in [-0.39, 0.29) is 0 Å². The fourth-order valence-electron chi connectivity index (χ4n) is 2.46. The van der Waals surface area contributed by atoms with Gasteiger partial charge in [-0.15, -0.1) is 0 Å². The molecule has 0 saturated carbocycles. The lowest BCUT2D eigenvalue weighted by atomic mass is 10.1. The molecule has 144 valence electrons. The van der Waals surface area contributed by atoms with E-state index in [4.69, 9.17) is 9.47 Å². The van der Waals surface area contributed by atoms with E-state index in [1.165, 1.54) is 32.1 Å². The van der Waals surface area contributed by atoms with Crippen LogP contribution in [0.15, 0.2) is 22.7 Å². The van der Waals surface area contributed by atoms with Gasteiger partial charge in [0.05, 0.1) is 13.2 Å². The molecule has 4 heteroatoms. The molecule has 1 aromatic rings. The Kier molecular flexibility index (Phi) is 11.0. The monoisotopic (exact) mass is 428 g/mol. The van der Waals surface area contributed by atoms with Gasteiger partial charge in [-0.2, -0.15) is 0 Å². The van der Waals surface area contributed by atoms with Crippen LogP contribution >= 0.6 is 15.9 Å². The van der Waals surface area contributed by atoms with Crippen LogP contribution in [-0.4, -0.2) is 22.0 Å². The Morgan fingerprint density at radius 1 is 1.04 bits per heavy atom. The Balaban J connectivity index is 2.44. The van der Waals surface area contributed by atoms with Gasteiger partial charge < -0.3 is 9.47 Å². The quantitative estimate of drug-likeness (QED) is 0.249. The fraction of sp³-hybridized carbons (Fsp3) is 0.714. The van der Waals surface area contributed by atoms with E-state index in [2.05, 4.69) is 61.9 Å². The van der Waals surface area contributed by atoms with Gasteiger partial charge in [0.25, 0.3) is 0 Å². The van der Waals surface area contributed by atoms with Crippen molar-refractivity contribution in [2.24, 2.45) is 0 Å². The third kappa shape index (κ3) is 9.25. The molecule has 0 heterocycles. The lowest BCUT2D eigenvalue weighted by molar-refractivity contribution is 0.0984. The summed E-state index contributed by atoms with van der Waals surface area (Å²) in [6.45, 7) is 13.9. The third-order valence-electron chi connectivity index (χ3n) is 5.07. The second-order valence-corrected chi connectivity index (χ2v) is 12.8. The molecule has 0 amide bonds. The van der Waals surface area contributed by atoms with Gasteiger partial charge in [0.2, 0.25) is 0 Å². The van der Waals surface area contributed by atoms with E-state index >= 15 is 0 Å². The number of ether oxygens (including phenoxy) is 2. The summed E-state index contributed by atoms with van der Waals surface area (Å²) in [6.07, 6.45) is 7.71. The minimum atomic E-state index is -0.728. The van der Waals surface area contributed by atoms with Crippen molar-refractivity contribution in [1.82, 2.24) is 0 Å². The largest absolute Gasteiger partial charge is 0.493 e. The average Bonchev–Trinajstić information content (AvgIpc) is 2.55. The van der Waals surface area contributed by atoms with Gasteiger partial charge in [-0.3, -0.25) is 0 Å². The summed E-state index contributed by atoms with van der Waals surface area (Å²) in [5, 5.41) is 0.325. The Hall–Kier alpha value is -0.323. The Labute approximate surface area is 165 Å². The van der Waals surface area contributed by atoms with Gasteiger partial charge in [-0.25, -0.2) is 0 Å². The van der Waals surface area contributed by atoms with Gasteiger partial charge >= 0.3 is 0 Å². The van der Waals surface area contributed by atoms with E-state index in [0.717, 1.165) is 35.4 Å². The molecular formula is C21H37BrO2Si. The summed E-state index contributed by atoms with van der Waals surface area (Å²) in [6, 6.07) is 6.23. The highest BCUT2D eigenvalue weighted by Crippen LogP contribution is 2.30. The summed E-state index contributed by atoms with van der Waals surface area (Å²) in [5.74, 6) is 0.969. The average molecular weight is 430 g/mol. The van der Waals surface area contributed by atoms with Gasteiger partial charge in [-0.1, -0.05) is 81.9 Å². The van der Waals surface area contributed by atoms with Crippen molar-refractivity contribution in [3.05, 3.63) is 28.2 Å². The van der Waals surface area contributed by atoms with Crippen molar-refractivity contribution in [3.8, 4) is 5.75 Å². The number of benzene rings is 1. The molecule has 0 aromatic heterocycles. The zero-order valence-electron chi connectivity index (χ0n) is 16.9. The van der Waals surface area contributed by atoms with Gasteiger partial charge in [-0.05, 0) is 29.7 Å². The summed E-state index contributed by atoms with van der Waals surface area (Å²) in [7, 11) is -0.728. The lowest BCUT2D eigenvalue weighted by Crippen LogP contribution is -2.26. The molecule has 0 radical (unpaired) electrons. The maximum atomic E-state index is 6.05. The first kappa shape index (κ1) is 22.7. The van der Waals surface area contributed by atoms with Gasteiger partial charge in [0, 0.05) is 25.4 Å². The van der Waals surface area contributed by atoms with Crippen molar-refractivity contribution >= 4 is 24.7 Å². The van der Waals surface area contributed by atoms with Crippen molar-refractivity contribution in [3.63, 3.8) is 0 Å². The molecule has 2 nitrogen and oxygen atoms in total. The highest BCUT2D eigenvalue weighted by Gasteiger charge is 2.23. The molecule has 0 unspecified atom stereocenters. The van der Waals surface area contributed by atoms with Crippen LogP contribution in [0.4, 0.5) is 0 Å². The zero-order valence-corrected chi connectivity index (χ0v) is 19.6. The number of unbranched alkanes of at least 4 members (excludes halogenated alkanes) is 5. The second kappa shape index (κ2) is 12.1. The van der Waals surface area contributed by atoms with Crippen LogP contribution in [-0.2, 0) is 11.3 Å². The maximum Gasteiger partial charge on any atom is 0.124 e. The standard InChI is InChI=1S/C21H37BrO2Si/c1-6-7-8-9-10-11-14-24-20-13-12-19(22)15-18(20)16-23-17-21(2,3)25(4)5/h12-13,15,25H,6-11,14,16-17H2,1-5H3. The molecule has 0 aliphatic carbocycles. The summed E-state index contributed by atoms with van der Waals surface area (Å²) in [5.41, 5.74) is 1.14. The molecule has 25 heavy (non-hydrogen) atoms. The van der Waals surface area contributed by atoms with E-state index in [1.54, 1.807) is 0 Å². The van der Waals surface area contributed by atoms with Crippen LogP contribution in [0.5, 0.6) is 5.75 Å². The second-order valence-electron chi connectivity index (χ2n) is 8.00. The lowest BCUT2D eigenvalue weighted by Gasteiger charge is -2.28. The molecule has 0 bridgehead atoms. The molecule has 0 spiro atoms. The van der Waals surface area contributed by atoms with Crippen molar-refractivity contribution < 1.29 is 9.47 Å². The SMILES string of the molecule is CCCCCCCCOc1ccc(Br)cc1COCC(C)(C)[SiH](C)C. The number of hydrogen-bond acceptors (Lipinski definition) is 2. The number of rotatable bonds is 13. The van der Waals surface area contributed by atoms with Gasteiger partial charge in [0.15, 0.2) is 0 Å². The molecule has 0 aliphatic heterocycles. The fourth-order valence-corrected chi connectivity index (χ4v) is 3.32. The van der Waals surface area contributed by atoms with E-state index in [1.807, 2.05) is 6.07 Å². The van der Waals surface area contributed by atoms with Crippen LogP contribution in [0.1, 0.15) is 64.9 Å². The summed E-state index contributed by atoms with van der Waals surface area (Å²) >= 11 is 3.56. The molecule has 0 saturated heterocycles. The highest BCUT2D eigenvalue weighted by atomic mass is 79.9. The molecule has 1 aromatic carbocycles. The minimum Gasteiger partial charge on any atom is -0.493 e. The first-order valence-corrected chi connectivity index (χ1v) is 13.5. The number of hydrogen-bond donors (Lipinski definition) is 0. The Morgan fingerprint density at radius 3 is 2.40 bits per heavy atom. The first-order valence-electron chi connectivity index (χ1n) is 9.85. The predicted octanol–water partition coefficient (Wildman–Crippen LogP) is 6.97. The summed E-state index contributed by atoms with van der Waals surface area (Å²) in [4.78, 5) is 0. The van der Waals surface area contributed by atoms with Crippen LogP contribution in [0, 0.1) is 0 Å². The zero-order chi connectivity index (χ0) is 18.7. The van der Waals surface area contributed by atoms with Crippen LogP contribution in [0.2, 0.25) is 18.1 Å².